The molecule has 1 aliphatic rings. The molecule has 1 saturated heterocycles. The summed E-state index contributed by atoms with van der Waals surface area (Å²) >= 11 is 3.43. The first kappa shape index (κ1) is 11.6. The van der Waals surface area contributed by atoms with E-state index in [1.54, 1.807) is 0 Å². The average molecular weight is 287 g/mol. The van der Waals surface area contributed by atoms with Crippen LogP contribution < -0.4 is 10.6 Å². The van der Waals surface area contributed by atoms with Gasteiger partial charge in [0.1, 0.15) is 22.4 Å². The maximum absolute atomic E-state index is 5.75. The van der Waals surface area contributed by atoms with E-state index in [2.05, 4.69) is 37.7 Å². The highest BCUT2D eigenvalue weighted by Crippen LogP contribution is 2.28. The van der Waals surface area contributed by atoms with Crippen molar-refractivity contribution < 1.29 is 4.74 Å². The van der Waals surface area contributed by atoms with E-state index in [4.69, 9.17) is 10.5 Å². The van der Waals surface area contributed by atoms with Crippen LogP contribution in [0.5, 0.6) is 0 Å². The highest BCUT2D eigenvalue weighted by molar-refractivity contribution is 9.10. The predicted octanol–water partition coefficient (Wildman–Crippen LogP) is 1.44. The predicted molar refractivity (Wildman–Crippen MR) is 66.4 cm³/mol. The molecule has 0 radical (unpaired) electrons. The van der Waals surface area contributed by atoms with Gasteiger partial charge in [0.15, 0.2) is 0 Å². The van der Waals surface area contributed by atoms with Gasteiger partial charge in [0.25, 0.3) is 0 Å². The number of nitrogen functional groups attached to an aromatic ring is 1. The zero-order valence-electron chi connectivity index (χ0n) is 9.19. The molecule has 0 spiro atoms. The quantitative estimate of drug-likeness (QED) is 0.846. The Labute approximate surface area is 103 Å². The second-order valence-electron chi connectivity index (χ2n) is 3.88. The van der Waals surface area contributed by atoms with Crippen molar-refractivity contribution in [3.63, 3.8) is 0 Å². The first-order valence-electron chi connectivity index (χ1n) is 5.31. The van der Waals surface area contributed by atoms with Gasteiger partial charge in [-0.1, -0.05) is 0 Å². The van der Waals surface area contributed by atoms with E-state index in [-0.39, 0.29) is 6.10 Å². The zero-order valence-corrected chi connectivity index (χ0v) is 10.8. The number of hydrogen-bond donors (Lipinski definition) is 1. The molecule has 5 nitrogen and oxygen atoms in total. The number of rotatable bonds is 1. The van der Waals surface area contributed by atoms with E-state index in [1.807, 2.05) is 0 Å². The molecular formula is C10H15BrN4O. The van der Waals surface area contributed by atoms with Crippen LogP contribution in [0.3, 0.4) is 0 Å². The molecular weight excluding hydrogens is 272 g/mol. The Morgan fingerprint density at radius 2 is 2.38 bits per heavy atom. The van der Waals surface area contributed by atoms with E-state index >= 15 is 0 Å². The fourth-order valence-electron chi connectivity index (χ4n) is 1.78. The molecule has 1 fully saturated rings. The van der Waals surface area contributed by atoms with Crippen LogP contribution >= 0.6 is 15.9 Å². The molecule has 1 aromatic rings. The minimum Gasteiger partial charge on any atom is -0.383 e. The SMILES string of the molecule is CC1CN(c2ncnc(N)c2Br)CCCO1. The minimum atomic E-state index is 0.214. The monoisotopic (exact) mass is 286 g/mol. The summed E-state index contributed by atoms with van der Waals surface area (Å²) in [6.07, 6.45) is 2.71. The third-order valence-electron chi connectivity index (χ3n) is 2.55. The molecule has 0 amide bonds. The highest BCUT2D eigenvalue weighted by Gasteiger charge is 2.19. The van der Waals surface area contributed by atoms with Gasteiger partial charge in [-0.15, -0.1) is 0 Å². The third-order valence-corrected chi connectivity index (χ3v) is 3.31. The number of anilines is 2. The zero-order chi connectivity index (χ0) is 11.5. The van der Waals surface area contributed by atoms with Gasteiger partial charge >= 0.3 is 0 Å². The van der Waals surface area contributed by atoms with Gasteiger partial charge in [-0.2, -0.15) is 0 Å². The molecule has 1 aromatic heterocycles. The number of aromatic nitrogens is 2. The largest absolute Gasteiger partial charge is 0.383 e. The maximum Gasteiger partial charge on any atom is 0.148 e. The van der Waals surface area contributed by atoms with Gasteiger partial charge in [-0.3, -0.25) is 0 Å². The normalized spacial score (nSPS) is 21.9. The Balaban J connectivity index is 2.24. The van der Waals surface area contributed by atoms with Crippen molar-refractivity contribution in [2.45, 2.75) is 19.4 Å². The van der Waals surface area contributed by atoms with Crippen LogP contribution in [0.2, 0.25) is 0 Å². The summed E-state index contributed by atoms with van der Waals surface area (Å²) in [5.41, 5.74) is 5.75. The van der Waals surface area contributed by atoms with Crippen molar-refractivity contribution >= 4 is 27.6 Å². The number of nitrogens with two attached hydrogens (primary N) is 1. The van der Waals surface area contributed by atoms with E-state index in [1.165, 1.54) is 6.33 Å². The molecule has 1 aliphatic heterocycles. The number of nitrogens with zero attached hydrogens (tertiary/aromatic N) is 3. The Bertz CT molecular complexity index is 374. The van der Waals surface area contributed by atoms with Gasteiger partial charge in [0.05, 0.1) is 6.10 Å². The Kier molecular flexibility index (Phi) is 3.60. The average Bonchev–Trinajstić information content (AvgIpc) is 2.47. The summed E-state index contributed by atoms with van der Waals surface area (Å²) in [6, 6.07) is 0. The summed E-state index contributed by atoms with van der Waals surface area (Å²) in [5.74, 6) is 1.33. The van der Waals surface area contributed by atoms with E-state index in [0.29, 0.717) is 5.82 Å². The molecule has 0 bridgehead atoms. The van der Waals surface area contributed by atoms with E-state index in [9.17, 15) is 0 Å². The van der Waals surface area contributed by atoms with Crippen LogP contribution in [-0.2, 0) is 4.74 Å². The lowest BCUT2D eigenvalue weighted by Gasteiger charge is -2.24. The fourth-order valence-corrected chi connectivity index (χ4v) is 2.24. The molecule has 16 heavy (non-hydrogen) atoms. The third kappa shape index (κ3) is 2.44. The Hall–Kier alpha value is -0.880. The topological polar surface area (TPSA) is 64.3 Å². The van der Waals surface area contributed by atoms with Crippen molar-refractivity contribution in [3.05, 3.63) is 10.8 Å². The fraction of sp³-hybridized carbons (Fsp3) is 0.600. The Morgan fingerprint density at radius 1 is 1.56 bits per heavy atom. The van der Waals surface area contributed by atoms with Gasteiger partial charge in [0.2, 0.25) is 0 Å². The smallest absolute Gasteiger partial charge is 0.148 e. The summed E-state index contributed by atoms with van der Waals surface area (Å²) in [5, 5.41) is 0. The molecule has 2 heterocycles. The van der Waals surface area contributed by atoms with Crippen LogP contribution in [0.15, 0.2) is 10.8 Å². The van der Waals surface area contributed by atoms with Crippen LogP contribution in [0.4, 0.5) is 11.6 Å². The first-order chi connectivity index (χ1) is 7.68. The van der Waals surface area contributed by atoms with E-state index in [0.717, 1.165) is 36.4 Å². The van der Waals surface area contributed by atoms with Crippen molar-refractivity contribution in [3.8, 4) is 0 Å². The lowest BCUT2D eigenvalue weighted by atomic mass is 10.3. The highest BCUT2D eigenvalue weighted by atomic mass is 79.9. The first-order valence-corrected chi connectivity index (χ1v) is 6.10. The second-order valence-corrected chi connectivity index (χ2v) is 4.67. The lowest BCUT2D eigenvalue weighted by Crippen LogP contribution is -2.31. The standard InChI is InChI=1S/C10H15BrN4O/c1-7-5-15(3-2-4-16-7)10-8(11)9(12)13-6-14-10/h6-7H,2-5H2,1H3,(H2,12,13,14). The number of ether oxygens (including phenoxy) is 1. The van der Waals surface area contributed by atoms with Crippen molar-refractivity contribution in [2.24, 2.45) is 0 Å². The molecule has 0 aromatic carbocycles. The van der Waals surface area contributed by atoms with Gasteiger partial charge in [-0.25, -0.2) is 9.97 Å². The summed E-state index contributed by atoms with van der Waals surface area (Å²) in [7, 11) is 0. The molecule has 88 valence electrons. The summed E-state index contributed by atoms with van der Waals surface area (Å²) < 4.78 is 6.36. The van der Waals surface area contributed by atoms with Crippen molar-refractivity contribution in [1.82, 2.24) is 9.97 Å². The second kappa shape index (κ2) is 4.97. The molecule has 1 atom stereocenters. The number of halogens is 1. The van der Waals surface area contributed by atoms with Crippen LogP contribution in [0.25, 0.3) is 0 Å². The molecule has 1 unspecified atom stereocenters. The molecule has 6 heteroatoms. The maximum atomic E-state index is 5.75. The molecule has 0 saturated carbocycles. The number of hydrogen-bond acceptors (Lipinski definition) is 5. The van der Waals surface area contributed by atoms with E-state index < -0.39 is 0 Å². The van der Waals surface area contributed by atoms with Crippen LogP contribution in [0, 0.1) is 0 Å². The van der Waals surface area contributed by atoms with Crippen molar-refractivity contribution in [2.75, 3.05) is 30.3 Å². The lowest BCUT2D eigenvalue weighted by molar-refractivity contribution is 0.0820. The van der Waals surface area contributed by atoms with Gasteiger partial charge in [-0.05, 0) is 29.3 Å². The van der Waals surface area contributed by atoms with Crippen molar-refractivity contribution in [1.29, 1.82) is 0 Å². The van der Waals surface area contributed by atoms with Crippen LogP contribution in [0.1, 0.15) is 13.3 Å². The van der Waals surface area contributed by atoms with Gasteiger partial charge < -0.3 is 15.4 Å². The van der Waals surface area contributed by atoms with Gasteiger partial charge in [0, 0.05) is 19.7 Å². The Morgan fingerprint density at radius 3 is 3.19 bits per heavy atom. The summed E-state index contributed by atoms with van der Waals surface area (Å²) in [4.78, 5) is 10.4. The van der Waals surface area contributed by atoms with Crippen LogP contribution in [-0.4, -0.2) is 35.8 Å². The summed E-state index contributed by atoms with van der Waals surface area (Å²) in [6.45, 7) is 4.63. The molecule has 0 aliphatic carbocycles. The minimum absolute atomic E-state index is 0.214. The molecule has 2 N–H and O–H groups in total. The molecule has 2 rings (SSSR count).